The number of amides is 2. The van der Waals surface area contributed by atoms with Crippen molar-refractivity contribution in [3.63, 3.8) is 0 Å². The van der Waals surface area contributed by atoms with E-state index in [0.717, 1.165) is 5.69 Å². The second-order valence-corrected chi connectivity index (χ2v) is 10.9. The van der Waals surface area contributed by atoms with E-state index in [0.29, 0.717) is 81.2 Å². The summed E-state index contributed by atoms with van der Waals surface area (Å²) in [5.74, 6) is -0.0535. The van der Waals surface area contributed by atoms with Gasteiger partial charge in [0.2, 0.25) is 5.91 Å². The molecule has 0 saturated carbocycles. The number of nitrogens with one attached hydrogen (secondary N) is 2. The molecule has 11 nitrogen and oxygen atoms in total. The molecule has 13 heteroatoms. The quantitative estimate of drug-likeness (QED) is 0.282. The van der Waals surface area contributed by atoms with E-state index >= 15 is 0 Å². The molecule has 2 aromatic rings. The fraction of sp³-hybridized carbons (Fsp3) is 0.444. The minimum Gasteiger partial charge on any atom is -0.378 e. The van der Waals surface area contributed by atoms with Crippen LogP contribution in [0.2, 0.25) is 5.02 Å². The largest absolute Gasteiger partial charge is 0.378 e. The van der Waals surface area contributed by atoms with Crippen molar-refractivity contribution >= 4 is 63.5 Å². The van der Waals surface area contributed by atoms with Crippen LogP contribution in [0, 0.1) is 16.0 Å². The molecule has 2 amide bonds. The average molecular weight is 589 g/mol. The number of thiocarbonyl (C=S) groups is 1. The lowest BCUT2D eigenvalue weighted by atomic mass is 10.1. The summed E-state index contributed by atoms with van der Waals surface area (Å²) >= 11 is 12.0. The van der Waals surface area contributed by atoms with Crippen LogP contribution in [0.3, 0.4) is 0 Å². The Morgan fingerprint density at radius 1 is 1.02 bits per heavy atom. The SMILES string of the molecule is CC(C)CC(=O)N1CCN(c2ccc(NC(=S)NC(=O)c3cc([N+](=O)[O-])ccc3N3CCOCC3)cc2Cl)CC1. The van der Waals surface area contributed by atoms with Crippen LogP contribution >= 0.6 is 23.8 Å². The van der Waals surface area contributed by atoms with E-state index in [1.807, 2.05) is 35.8 Å². The Kier molecular flexibility index (Phi) is 9.77. The molecule has 2 aliphatic rings. The topological polar surface area (TPSA) is 120 Å². The minimum atomic E-state index is -0.560. The van der Waals surface area contributed by atoms with Gasteiger partial charge in [-0.2, -0.15) is 0 Å². The summed E-state index contributed by atoms with van der Waals surface area (Å²) in [6, 6.07) is 9.61. The van der Waals surface area contributed by atoms with Gasteiger partial charge in [-0.3, -0.25) is 25.0 Å². The first-order valence-corrected chi connectivity index (χ1v) is 14.0. The van der Waals surface area contributed by atoms with Crippen molar-refractivity contribution in [3.8, 4) is 0 Å². The number of anilines is 3. The number of hydrogen-bond acceptors (Lipinski definition) is 8. The van der Waals surface area contributed by atoms with Crippen LogP contribution in [0.5, 0.6) is 0 Å². The van der Waals surface area contributed by atoms with Gasteiger partial charge < -0.3 is 24.8 Å². The molecular formula is C27H33ClN6O5S. The first kappa shape index (κ1) is 29.5. The number of nitrogens with zero attached hydrogens (tertiary/aromatic N) is 4. The number of carbonyl (C=O) groups excluding carboxylic acids is 2. The van der Waals surface area contributed by atoms with Crippen LogP contribution in [0.1, 0.15) is 30.6 Å². The average Bonchev–Trinajstić information content (AvgIpc) is 2.93. The van der Waals surface area contributed by atoms with E-state index in [1.165, 1.54) is 12.1 Å². The molecule has 0 atom stereocenters. The molecule has 2 aromatic carbocycles. The Bertz CT molecular complexity index is 1280. The smallest absolute Gasteiger partial charge is 0.270 e. The van der Waals surface area contributed by atoms with Crippen LogP contribution in [-0.2, 0) is 9.53 Å². The van der Waals surface area contributed by atoms with Gasteiger partial charge in [-0.05, 0) is 42.4 Å². The lowest BCUT2D eigenvalue weighted by Crippen LogP contribution is -2.49. The van der Waals surface area contributed by atoms with Crippen LogP contribution < -0.4 is 20.4 Å². The number of nitro benzene ring substituents is 1. The van der Waals surface area contributed by atoms with E-state index < -0.39 is 10.8 Å². The maximum absolute atomic E-state index is 13.2. The van der Waals surface area contributed by atoms with Crippen LogP contribution in [0.25, 0.3) is 0 Å². The molecule has 2 aliphatic heterocycles. The number of benzene rings is 2. The molecule has 2 fully saturated rings. The van der Waals surface area contributed by atoms with Crippen molar-refractivity contribution in [2.24, 2.45) is 5.92 Å². The van der Waals surface area contributed by atoms with Crippen molar-refractivity contribution in [2.45, 2.75) is 20.3 Å². The summed E-state index contributed by atoms with van der Waals surface area (Å²) in [4.78, 5) is 42.3. The third kappa shape index (κ3) is 7.38. The zero-order chi connectivity index (χ0) is 28.8. The molecule has 0 spiro atoms. The molecule has 0 aromatic heterocycles. The maximum Gasteiger partial charge on any atom is 0.270 e. The van der Waals surface area contributed by atoms with Crippen LogP contribution in [-0.4, -0.2) is 79.2 Å². The summed E-state index contributed by atoms with van der Waals surface area (Å²) < 4.78 is 5.39. The predicted octanol–water partition coefficient (Wildman–Crippen LogP) is 3.91. The van der Waals surface area contributed by atoms with E-state index in [2.05, 4.69) is 15.5 Å². The van der Waals surface area contributed by atoms with Gasteiger partial charge in [0.05, 0.1) is 40.1 Å². The normalized spacial score (nSPS) is 15.7. The van der Waals surface area contributed by atoms with Gasteiger partial charge in [-0.25, -0.2) is 0 Å². The van der Waals surface area contributed by atoms with Gasteiger partial charge in [-0.15, -0.1) is 0 Å². The van der Waals surface area contributed by atoms with Gasteiger partial charge in [0.25, 0.3) is 11.6 Å². The molecule has 4 rings (SSSR count). The lowest BCUT2D eigenvalue weighted by molar-refractivity contribution is -0.384. The van der Waals surface area contributed by atoms with E-state index in [-0.39, 0.29) is 22.3 Å². The Hall–Kier alpha value is -3.48. The second-order valence-electron chi connectivity index (χ2n) is 10.1. The van der Waals surface area contributed by atoms with Crippen LogP contribution in [0.4, 0.5) is 22.7 Å². The Labute approximate surface area is 243 Å². The van der Waals surface area contributed by atoms with Crippen molar-refractivity contribution in [2.75, 3.05) is 67.6 Å². The van der Waals surface area contributed by atoms with Crippen molar-refractivity contribution in [1.29, 1.82) is 0 Å². The number of non-ortho nitro benzene ring substituents is 1. The predicted molar refractivity (Wildman–Crippen MR) is 160 cm³/mol. The lowest BCUT2D eigenvalue weighted by Gasteiger charge is -2.37. The zero-order valence-corrected chi connectivity index (χ0v) is 24.1. The maximum atomic E-state index is 13.2. The third-order valence-electron chi connectivity index (χ3n) is 6.78. The number of halogens is 1. The van der Waals surface area contributed by atoms with Crippen molar-refractivity contribution in [3.05, 3.63) is 57.1 Å². The number of rotatable bonds is 7. The van der Waals surface area contributed by atoms with Gasteiger partial charge in [0, 0.05) is 63.5 Å². The number of morpholine rings is 1. The fourth-order valence-electron chi connectivity index (χ4n) is 4.75. The summed E-state index contributed by atoms with van der Waals surface area (Å²) in [5.41, 5.74) is 1.97. The van der Waals surface area contributed by atoms with Gasteiger partial charge in [0.1, 0.15) is 0 Å². The second kappa shape index (κ2) is 13.2. The number of carbonyl (C=O) groups is 2. The molecule has 2 N–H and O–H groups in total. The molecule has 0 aliphatic carbocycles. The molecule has 214 valence electrons. The molecule has 2 saturated heterocycles. The summed E-state index contributed by atoms with van der Waals surface area (Å²) in [6.45, 7) is 8.85. The number of ether oxygens (including phenoxy) is 1. The Morgan fingerprint density at radius 2 is 1.68 bits per heavy atom. The third-order valence-corrected chi connectivity index (χ3v) is 7.28. The van der Waals surface area contributed by atoms with Gasteiger partial charge >= 0.3 is 0 Å². The molecular weight excluding hydrogens is 556 g/mol. The molecule has 0 radical (unpaired) electrons. The first-order chi connectivity index (χ1) is 19.1. The molecule has 2 heterocycles. The first-order valence-electron chi connectivity index (χ1n) is 13.2. The van der Waals surface area contributed by atoms with E-state index in [4.69, 9.17) is 28.6 Å². The van der Waals surface area contributed by atoms with Crippen molar-refractivity contribution < 1.29 is 19.2 Å². The van der Waals surface area contributed by atoms with E-state index in [1.54, 1.807) is 12.1 Å². The Balaban J connectivity index is 1.39. The summed E-state index contributed by atoms with van der Waals surface area (Å²) in [5, 5.41) is 17.5. The highest BCUT2D eigenvalue weighted by Crippen LogP contribution is 2.30. The highest BCUT2D eigenvalue weighted by atomic mass is 35.5. The van der Waals surface area contributed by atoms with Crippen LogP contribution in [0.15, 0.2) is 36.4 Å². The monoisotopic (exact) mass is 588 g/mol. The molecule has 40 heavy (non-hydrogen) atoms. The Morgan fingerprint density at radius 3 is 2.30 bits per heavy atom. The zero-order valence-electron chi connectivity index (χ0n) is 22.5. The highest BCUT2D eigenvalue weighted by molar-refractivity contribution is 7.80. The van der Waals surface area contributed by atoms with E-state index in [9.17, 15) is 19.7 Å². The van der Waals surface area contributed by atoms with Crippen molar-refractivity contribution in [1.82, 2.24) is 10.2 Å². The standard InChI is InChI=1S/C27H33ClN6O5S/c1-18(2)15-25(35)33-9-7-31(8-10-33)24-5-3-19(16-22(24)28)29-27(40)30-26(36)21-17-20(34(37)38)4-6-23(21)32-11-13-39-14-12-32/h3-6,16-18H,7-15H2,1-2H3,(H2,29,30,36,40). The number of hydrogen-bond donors (Lipinski definition) is 2. The highest BCUT2D eigenvalue weighted by Gasteiger charge is 2.24. The number of piperazine rings is 1. The summed E-state index contributed by atoms with van der Waals surface area (Å²) in [6.07, 6.45) is 0.549. The molecule has 0 bridgehead atoms. The minimum absolute atomic E-state index is 0.0329. The molecule has 0 unspecified atom stereocenters. The fourth-order valence-corrected chi connectivity index (χ4v) is 5.26. The van der Waals surface area contributed by atoms with Gasteiger partial charge in [0.15, 0.2) is 5.11 Å². The summed E-state index contributed by atoms with van der Waals surface area (Å²) in [7, 11) is 0. The number of nitro groups is 1. The van der Waals surface area contributed by atoms with Gasteiger partial charge in [-0.1, -0.05) is 25.4 Å².